The quantitative estimate of drug-likeness (QED) is 0.547. The van der Waals surface area contributed by atoms with Crippen LogP contribution in [0.25, 0.3) is 0 Å². The summed E-state index contributed by atoms with van der Waals surface area (Å²) in [6.45, 7) is 2.21. The van der Waals surface area contributed by atoms with Gasteiger partial charge in [0.1, 0.15) is 0 Å². The van der Waals surface area contributed by atoms with Crippen LogP contribution in [0.2, 0.25) is 0 Å². The van der Waals surface area contributed by atoms with Gasteiger partial charge >= 0.3 is 0 Å². The minimum Gasteiger partial charge on any atom is -0.387 e. The molecule has 0 aromatic carbocycles. The van der Waals surface area contributed by atoms with Crippen molar-refractivity contribution in [3.63, 3.8) is 0 Å². The van der Waals surface area contributed by atoms with E-state index in [1.54, 1.807) is 0 Å². The molecule has 76 valence electrons. The molecular formula is C10H16N4. The molecule has 3 N–H and O–H groups in total. The number of nitrogens with one attached hydrogen (secondary N) is 1. The molecule has 4 nitrogen and oxygen atoms in total. The summed E-state index contributed by atoms with van der Waals surface area (Å²) in [5, 5.41) is 7.27. The highest BCUT2D eigenvalue weighted by molar-refractivity contribution is 5.79. The Kier molecular flexibility index (Phi) is 2.27. The fourth-order valence-electron chi connectivity index (χ4n) is 2.11. The van der Waals surface area contributed by atoms with Crippen molar-refractivity contribution in [1.29, 1.82) is 5.41 Å². The number of imidazole rings is 1. The van der Waals surface area contributed by atoms with Crippen molar-refractivity contribution in [3.8, 4) is 0 Å². The first kappa shape index (κ1) is 9.24. The van der Waals surface area contributed by atoms with Gasteiger partial charge in [-0.05, 0) is 26.2 Å². The van der Waals surface area contributed by atoms with Gasteiger partial charge in [-0.1, -0.05) is 0 Å². The van der Waals surface area contributed by atoms with E-state index in [4.69, 9.17) is 11.1 Å². The molecule has 4 heteroatoms. The lowest BCUT2D eigenvalue weighted by molar-refractivity contribution is 0.430. The maximum Gasteiger partial charge on any atom is 0.0966 e. The summed E-state index contributed by atoms with van der Waals surface area (Å²) >= 11 is 0. The smallest absolute Gasteiger partial charge is 0.0966 e. The maximum absolute atomic E-state index is 7.27. The molecule has 0 radical (unpaired) electrons. The Morgan fingerprint density at radius 2 is 2.57 bits per heavy atom. The van der Waals surface area contributed by atoms with Crippen molar-refractivity contribution in [2.75, 3.05) is 0 Å². The van der Waals surface area contributed by atoms with Gasteiger partial charge in [-0.2, -0.15) is 0 Å². The number of nitrogens with two attached hydrogens (primary N) is 1. The number of amidine groups is 1. The average molecular weight is 192 g/mol. The Hall–Kier alpha value is -1.32. The van der Waals surface area contributed by atoms with Gasteiger partial charge in [0.05, 0.1) is 17.9 Å². The van der Waals surface area contributed by atoms with E-state index in [1.807, 2.05) is 6.33 Å². The summed E-state index contributed by atoms with van der Waals surface area (Å²) in [4.78, 5) is 4.33. The molecule has 0 fully saturated rings. The van der Waals surface area contributed by atoms with Gasteiger partial charge in [-0.25, -0.2) is 4.98 Å². The van der Waals surface area contributed by atoms with Crippen LogP contribution in [0.3, 0.4) is 0 Å². The maximum atomic E-state index is 7.27. The van der Waals surface area contributed by atoms with E-state index in [0.717, 1.165) is 12.1 Å². The summed E-state index contributed by atoms with van der Waals surface area (Å²) in [6, 6.07) is 0.548. The van der Waals surface area contributed by atoms with Gasteiger partial charge in [0, 0.05) is 18.2 Å². The molecule has 0 amide bonds. The molecule has 14 heavy (non-hydrogen) atoms. The fourth-order valence-corrected chi connectivity index (χ4v) is 2.11. The van der Waals surface area contributed by atoms with Crippen LogP contribution >= 0.6 is 0 Å². The van der Waals surface area contributed by atoms with E-state index in [9.17, 15) is 0 Å². The first-order chi connectivity index (χ1) is 6.68. The monoisotopic (exact) mass is 192 g/mol. The van der Waals surface area contributed by atoms with Crippen LogP contribution in [-0.2, 0) is 12.8 Å². The van der Waals surface area contributed by atoms with E-state index in [2.05, 4.69) is 16.5 Å². The number of aromatic nitrogens is 2. The molecule has 2 heterocycles. The molecule has 1 aromatic heterocycles. The van der Waals surface area contributed by atoms with Crippen molar-refractivity contribution in [2.45, 2.75) is 38.6 Å². The summed E-state index contributed by atoms with van der Waals surface area (Å²) in [7, 11) is 0. The number of hydrogen-bond donors (Lipinski definition) is 2. The van der Waals surface area contributed by atoms with Crippen LogP contribution in [0.4, 0.5) is 0 Å². The summed E-state index contributed by atoms with van der Waals surface area (Å²) < 4.78 is 2.22. The van der Waals surface area contributed by atoms with E-state index in [1.165, 1.54) is 18.5 Å². The third kappa shape index (κ3) is 1.52. The highest BCUT2D eigenvalue weighted by atomic mass is 15.1. The predicted molar refractivity (Wildman–Crippen MR) is 55.5 cm³/mol. The van der Waals surface area contributed by atoms with Crippen molar-refractivity contribution in [2.24, 2.45) is 5.73 Å². The molecule has 0 spiro atoms. The van der Waals surface area contributed by atoms with Gasteiger partial charge in [-0.3, -0.25) is 5.41 Å². The Labute approximate surface area is 83.6 Å². The fraction of sp³-hybridized carbons (Fsp3) is 0.600. The van der Waals surface area contributed by atoms with Gasteiger partial charge in [0.2, 0.25) is 0 Å². The summed E-state index contributed by atoms with van der Waals surface area (Å²) in [5.41, 5.74) is 7.65. The highest BCUT2D eigenvalue weighted by Crippen LogP contribution is 2.26. The molecule has 1 aromatic rings. The second-order valence-corrected chi connectivity index (χ2v) is 3.99. The van der Waals surface area contributed by atoms with Crippen molar-refractivity contribution in [1.82, 2.24) is 9.55 Å². The third-order valence-corrected chi connectivity index (χ3v) is 2.85. The largest absolute Gasteiger partial charge is 0.387 e. The SMILES string of the molecule is CC1CCCc2c(CC(=N)N)ncn21. The molecule has 1 aliphatic rings. The number of nitrogens with zero attached hydrogens (tertiary/aromatic N) is 2. The Balaban J connectivity index is 2.31. The van der Waals surface area contributed by atoms with Gasteiger partial charge in [-0.15, -0.1) is 0 Å². The van der Waals surface area contributed by atoms with E-state index < -0.39 is 0 Å². The Bertz CT molecular complexity index is 353. The number of hydrogen-bond acceptors (Lipinski definition) is 2. The van der Waals surface area contributed by atoms with Gasteiger partial charge in [0.15, 0.2) is 0 Å². The van der Waals surface area contributed by atoms with E-state index >= 15 is 0 Å². The van der Waals surface area contributed by atoms with Gasteiger partial charge in [0.25, 0.3) is 0 Å². The van der Waals surface area contributed by atoms with E-state index in [0.29, 0.717) is 12.5 Å². The molecule has 1 aliphatic heterocycles. The van der Waals surface area contributed by atoms with Crippen molar-refractivity contribution >= 4 is 5.84 Å². The van der Waals surface area contributed by atoms with Crippen LogP contribution in [0.5, 0.6) is 0 Å². The van der Waals surface area contributed by atoms with Crippen molar-refractivity contribution in [3.05, 3.63) is 17.7 Å². The Morgan fingerprint density at radius 1 is 1.79 bits per heavy atom. The zero-order valence-electron chi connectivity index (χ0n) is 8.45. The Morgan fingerprint density at radius 3 is 3.29 bits per heavy atom. The first-order valence-corrected chi connectivity index (χ1v) is 5.06. The topological polar surface area (TPSA) is 67.7 Å². The summed E-state index contributed by atoms with van der Waals surface area (Å²) in [6.07, 6.45) is 5.90. The molecular weight excluding hydrogens is 176 g/mol. The zero-order chi connectivity index (χ0) is 10.1. The minimum atomic E-state index is 0.199. The van der Waals surface area contributed by atoms with Crippen LogP contribution in [0.15, 0.2) is 6.33 Å². The standard InChI is InChI=1S/C10H16N4/c1-7-3-2-4-9-8(5-10(11)12)13-6-14(7)9/h6-7H,2-5H2,1H3,(H3,11,12). The molecule has 1 unspecified atom stereocenters. The lowest BCUT2D eigenvalue weighted by atomic mass is 10.0. The first-order valence-electron chi connectivity index (χ1n) is 5.06. The zero-order valence-corrected chi connectivity index (χ0v) is 8.45. The minimum absolute atomic E-state index is 0.199. The molecule has 0 saturated heterocycles. The lowest BCUT2D eigenvalue weighted by Crippen LogP contribution is -2.18. The average Bonchev–Trinajstić information content (AvgIpc) is 2.49. The van der Waals surface area contributed by atoms with Crippen molar-refractivity contribution < 1.29 is 0 Å². The van der Waals surface area contributed by atoms with Crippen LogP contribution < -0.4 is 5.73 Å². The highest BCUT2D eigenvalue weighted by Gasteiger charge is 2.19. The number of rotatable bonds is 2. The molecule has 1 atom stereocenters. The predicted octanol–water partition coefficient (Wildman–Crippen LogP) is 1.26. The number of fused-ring (bicyclic) bond motifs is 1. The van der Waals surface area contributed by atoms with Crippen LogP contribution in [0.1, 0.15) is 37.2 Å². The summed E-state index contributed by atoms with van der Waals surface area (Å²) in [5.74, 6) is 0.199. The third-order valence-electron chi connectivity index (χ3n) is 2.85. The van der Waals surface area contributed by atoms with Crippen LogP contribution in [0, 0.1) is 5.41 Å². The second-order valence-electron chi connectivity index (χ2n) is 3.99. The van der Waals surface area contributed by atoms with Crippen LogP contribution in [-0.4, -0.2) is 15.4 Å². The van der Waals surface area contributed by atoms with Gasteiger partial charge < -0.3 is 10.3 Å². The lowest BCUT2D eigenvalue weighted by Gasteiger charge is -2.22. The molecule has 0 bridgehead atoms. The second kappa shape index (κ2) is 3.44. The molecule has 2 rings (SSSR count). The molecule has 0 aliphatic carbocycles. The molecule has 0 saturated carbocycles. The van der Waals surface area contributed by atoms with E-state index in [-0.39, 0.29) is 5.84 Å². The normalized spacial score (nSPS) is 20.5.